The van der Waals surface area contributed by atoms with Crippen molar-refractivity contribution in [3.8, 4) is 0 Å². The second-order valence-corrected chi connectivity index (χ2v) is 5.57. The minimum absolute atomic E-state index is 0.221. The average Bonchev–Trinajstić information content (AvgIpc) is 2.54. The Morgan fingerprint density at radius 3 is 2.67 bits per heavy atom. The number of nitrogens with zero attached hydrogens (tertiary/aromatic N) is 3. The molecule has 0 bridgehead atoms. The van der Waals surface area contributed by atoms with Gasteiger partial charge in [0.2, 0.25) is 5.91 Å². The number of carbonyl (C=O) groups excluding carboxylic acids is 1. The van der Waals surface area contributed by atoms with Crippen molar-refractivity contribution in [2.75, 3.05) is 31.1 Å². The molecule has 3 rings (SSSR count). The minimum Gasteiger partial charge on any atom is -0.353 e. The molecule has 1 aliphatic rings. The number of rotatable bonds is 2. The van der Waals surface area contributed by atoms with Crippen molar-refractivity contribution in [3.63, 3.8) is 0 Å². The molecule has 0 saturated carbocycles. The van der Waals surface area contributed by atoms with Crippen LogP contribution >= 0.6 is 11.6 Å². The largest absolute Gasteiger partial charge is 0.353 e. The number of hydrogen-bond donors (Lipinski definition) is 0. The maximum atomic E-state index is 11.7. The van der Waals surface area contributed by atoms with Gasteiger partial charge in [0.15, 0.2) is 0 Å². The summed E-state index contributed by atoms with van der Waals surface area (Å²) in [6.07, 6.45) is 0.569. The van der Waals surface area contributed by atoms with Crippen LogP contribution in [0.25, 0.3) is 10.8 Å². The molecule has 1 aromatic carbocycles. The van der Waals surface area contributed by atoms with E-state index in [1.165, 1.54) is 0 Å². The molecule has 0 spiro atoms. The van der Waals surface area contributed by atoms with Crippen LogP contribution in [0, 0.1) is 0 Å². The summed E-state index contributed by atoms with van der Waals surface area (Å²) >= 11 is 6.28. The van der Waals surface area contributed by atoms with Crippen molar-refractivity contribution in [1.82, 2.24) is 9.88 Å². The molecular weight excluding hydrogens is 286 g/mol. The van der Waals surface area contributed by atoms with Crippen LogP contribution in [0.3, 0.4) is 0 Å². The molecule has 0 unspecified atom stereocenters. The number of hydrogen-bond acceptors (Lipinski definition) is 3. The van der Waals surface area contributed by atoms with Crippen LogP contribution in [-0.2, 0) is 4.79 Å². The van der Waals surface area contributed by atoms with E-state index in [-0.39, 0.29) is 5.91 Å². The first-order valence-corrected chi connectivity index (χ1v) is 7.65. The quantitative estimate of drug-likeness (QED) is 0.800. The van der Waals surface area contributed by atoms with Crippen molar-refractivity contribution in [2.45, 2.75) is 13.3 Å². The van der Waals surface area contributed by atoms with Crippen molar-refractivity contribution in [3.05, 3.63) is 35.5 Å². The summed E-state index contributed by atoms with van der Waals surface area (Å²) in [4.78, 5) is 20.3. The predicted octanol–water partition coefficient (Wildman–Crippen LogP) is 2.95. The monoisotopic (exact) mass is 303 g/mol. The van der Waals surface area contributed by atoms with Gasteiger partial charge in [0.25, 0.3) is 0 Å². The summed E-state index contributed by atoms with van der Waals surface area (Å²) in [6.45, 7) is 5.00. The molecule has 1 aliphatic heterocycles. The fourth-order valence-electron chi connectivity index (χ4n) is 2.71. The number of anilines is 1. The zero-order chi connectivity index (χ0) is 14.8. The summed E-state index contributed by atoms with van der Waals surface area (Å²) in [5, 5.41) is 2.61. The Hall–Kier alpha value is -1.81. The molecule has 110 valence electrons. The van der Waals surface area contributed by atoms with Crippen LogP contribution in [-0.4, -0.2) is 42.0 Å². The summed E-state index contributed by atoms with van der Waals surface area (Å²) in [5.74, 6) is 1.11. The Morgan fingerprint density at radius 2 is 1.95 bits per heavy atom. The molecule has 0 aliphatic carbocycles. The van der Waals surface area contributed by atoms with E-state index in [2.05, 4.69) is 16.0 Å². The van der Waals surface area contributed by atoms with Crippen molar-refractivity contribution in [1.29, 1.82) is 0 Å². The van der Waals surface area contributed by atoms with Gasteiger partial charge in [0.05, 0.1) is 0 Å². The number of amides is 1. The molecule has 2 aromatic rings. The average molecular weight is 304 g/mol. The number of piperazine rings is 1. The van der Waals surface area contributed by atoms with Crippen molar-refractivity contribution < 1.29 is 4.79 Å². The lowest BCUT2D eigenvalue weighted by Crippen LogP contribution is -2.48. The Bertz CT molecular complexity index is 666. The molecule has 5 heteroatoms. The Kier molecular flexibility index (Phi) is 3.97. The van der Waals surface area contributed by atoms with Gasteiger partial charge in [-0.15, -0.1) is 0 Å². The Morgan fingerprint density at radius 1 is 1.24 bits per heavy atom. The maximum Gasteiger partial charge on any atom is 0.222 e. The Labute approximate surface area is 129 Å². The molecule has 1 aromatic heterocycles. The van der Waals surface area contributed by atoms with Crippen LogP contribution in [0.15, 0.2) is 30.3 Å². The summed E-state index contributed by atoms with van der Waals surface area (Å²) in [7, 11) is 0. The van der Waals surface area contributed by atoms with E-state index in [9.17, 15) is 4.79 Å². The number of fused-ring (bicyclic) bond motifs is 1. The fraction of sp³-hybridized carbons (Fsp3) is 0.375. The van der Waals surface area contributed by atoms with E-state index in [0.29, 0.717) is 11.6 Å². The highest BCUT2D eigenvalue weighted by atomic mass is 35.5. The molecule has 0 atom stereocenters. The molecule has 1 saturated heterocycles. The maximum absolute atomic E-state index is 11.7. The highest BCUT2D eigenvalue weighted by Crippen LogP contribution is 2.26. The number of benzene rings is 1. The fourth-order valence-corrected chi connectivity index (χ4v) is 2.97. The smallest absolute Gasteiger partial charge is 0.222 e. The zero-order valence-electron chi connectivity index (χ0n) is 12.1. The van der Waals surface area contributed by atoms with E-state index in [0.717, 1.165) is 42.8 Å². The van der Waals surface area contributed by atoms with Crippen LogP contribution < -0.4 is 4.90 Å². The topological polar surface area (TPSA) is 36.4 Å². The highest BCUT2D eigenvalue weighted by molar-refractivity contribution is 6.34. The van der Waals surface area contributed by atoms with Gasteiger partial charge in [-0.25, -0.2) is 4.98 Å². The van der Waals surface area contributed by atoms with Crippen LogP contribution in [0.2, 0.25) is 5.15 Å². The molecule has 2 heterocycles. The van der Waals surface area contributed by atoms with Gasteiger partial charge in [-0.3, -0.25) is 4.79 Å². The van der Waals surface area contributed by atoms with Crippen LogP contribution in [0.5, 0.6) is 0 Å². The second kappa shape index (κ2) is 5.90. The molecule has 1 amide bonds. The first-order valence-electron chi connectivity index (χ1n) is 7.27. The highest BCUT2D eigenvalue weighted by Gasteiger charge is 2.21. The number of aromatic nitrogens is 1. The van der Waals surface area contributed by atoms with Gasteiger partial charge < -0.3 is 9.80 Å². The number of halogens is 1. The van der Waals surface area contributed by atoms with Crippen molar-refractivity contribution >= 4 is 34.1 Å². The lowest BCUT2D eigenvalue weighted by Gasteiger charge is -2.35. The zero-order valence-corrected chi connectivity index (χ0v) is 12.8. The van der Waals surface area contributed by atoms with E-state index in [1.54, 1.807) is 0 Å². The lowest BCUT2D eigenvalue weighted by molar-refractivity contribution is -0.131. The predicted molar refractivity (Wildman–Crippen MR) is 85.8 cm³/mol. The van der Waals surface area contributed by atoms with Crippen LogP contribution in [0.1, 0.15) is 13.3 Å². The van der Waals surface area contributed by atoms with E-state index in [1.807, 2.05) is 36.1 Å². The normalized spacial score (nSPS) is 15.5. The lowest BCUT2D eigenvalue weighted by atomic mass is 10.1. The summed E-state index contributed by atoms with van der Waals surface area (Å²) in [6, 6.07) is 10.1. The first kappa shape index (κ1) is 14.1. The van der Waals surface area contributed by atoms with Gasteiger partial charge in [-0.2, -0.15) is 0 Å². The third-order valence-corrected chi connectivity index (χ3v) is 4.23. The first-order chi connectivity index (χ1) is 10.2. The molecule has 0 radical (unpaired) electrons. The van der Waals surface area contributed by atoms with Gasteiger partial charge >= 0.3 is 0 Å². The van der Waals surface area contributed by atoms with Crippen molar-refractivity contribution in [2.24, 2.45) is 0 Å². The number of carbonyl (C=O) groups is 1. The van der Waals surface area contributed by atoms with Gasteiger partial charge in [0.1, 0.15) is 11.0 Å². The third kappa shape index (κ3) is 2.81. The van der Waals surface area contributed by atoms with E-state index < -0.39 is 0 Å². The van der Waals surface area contributed by atoms with Crippen LogP contribution in [0.4, 0.5) is 5.82 Å². The Balaban J connectivity index is 1.81. The SMILES string of the molecule is CCC(=O)N1CCN(c2cc3ccccc3c(Cl)n2)CC1. The van der Waals surface area contributed by atoms with E-state index >= 15 is 0 Å². The van der Waals surface area contributed by atoms with E-state index in [4.69, 9.17) is 11.6 Å². The van der Waals surface area contributed by atoms with Gasteiger partial charge in [-0.1, -0.05) is 42.8 Å². The summed E-state index contributed by atoms with van der Waals surface area (Å²) in [5.41, 5.74) is 0. The molecule has 21 heavy (non-hydrogen) atoms. The minimum atomic E-state index is 0.221. The summed E-state index contributed by atoms with van der Waals surface area (Å²) < 4.78 is 0. The standard InChI is InChI=1S/C16H18ClN3O/c1-2-15(21)20-9-7-19(8-10-20)14-11-12-5-3-4-6-13(12)16(17)18-14/h3-6,11H,2,7-10H2,1H3. The second-order valence-electron chi connectivity index (χ2n) is 5.21. The third-order valence-electron chi connectivity index (χ3n) is 3.94. The molecular formula is C16H18ClN3O. The molecule has 4 nitrogen and oxygen atoms in total. The van der Waals surface area contributed by atoms with Gasteiger partial charge in [0, 0.05) is 38.0 Å². The van der Waals surface area contributed by atoms with Gasteiger partial charge in [-0.05, 0) is 11.5 Å². The molecule has 0 N–H and O–H groups in total. The number of pyridine rings is 1. The molecule has 1 fully saturated rings.